The Labute approximate surface area is 148 Å². The van der Waals surface area contributed by atoms with Crippen LogP contribution >= 0.6 is 0 Å². The van der Waals surface area contributed by atoms with Crippen LogP contribution in [0.1, 0.15) is 11.5 Å². The van der Waals surface area contributed by atoms with E-state index in [0.717, 1.165) is 35.4 Å². The van der Waals surface area contributed by atoms with E-state index in [2.05, 4.69) is 14.9 Å². The Balaban J connectivity index is 1.70. The molecule has 0 aliphatic carbocycles. The van der Waals surface area contributed by atoms with Crippen LogP contribution in [0.25, 0.3) is 11.4 Å². The smallest absolute Gasteiger partial charge is 0.269 e. The zero-order valence-electron chi connectivity index (χ0n) is 13.6. The Bertz CT molecular complexity index is 1030. The minimum Gasteiger partial charge on any atom is -0.338 e. The number of benzene rings is 2. The van der Waals surface area contributed by atoms with Gasteiger partial charge in [0.05, 0.1) is 16.4 Å². The highest BCUT2D eigenvalue weighted by atomic mass is 32.2. The molecule has 0 saturated heterocycles. The number of hydrogen-bond donors (Lipinski definition) is 1. The maximum atomic E-state index is 12.2. The molecule has 10 heteroatoms. The number of nitro benzene ring substituents is 1. The first-order valence-electron chi connectivity index (χ1n) is 7.49. The van der Waals surface area contributed by atoms with Crippen molar-refractivity contribution in [3.8, 4) is 11.4 Å². The van der Waals surface area contributed by atoms with Gasteiger partial charge in [-0.05, 0) is 19.1 Å². The predicted molar refractivity (Wildman–Crippen MR) is 91.6 cm³/mol. The van der Waals surface area contributed by atoms with Gasteiger partial charge in [-0.2, -0.15) is 4.98 Å². The van der Waals surface area contributed by atoms with Crippen LogP contribution in [0.3, 0.4) is 0 Å². The fourth-order valence-electron chi connectivity index (χ4n) is 2.13. The van der Waals surface area contributed by atoms with E-state index >= 15 is 0 Å². The average molecular weight is 374 g/mol. The van der Waals surface area contributed by atoms with E-state index in [1.165, 1.54) is 0 Å². The second kappa shape index (κ2) is 7.02. The summed E-state index contributed by atoms with van der Waals surface area (Å²) in [6, 6.07) is 12.0. The SMILES string of the molecule is Cc1ccc(-c2noc(CNS(=O)(=O)c3ccc([N+](=O)[O-])cc3)n2)cc1. The fraction of sp³-hybridized carbons (Fsp3) is 0.125. The maximum Gasteiger partial charge on any atom is 0.269 e. The predicted octanol–water partition coefficient (Wildman–Crippen LogP) is 2.43. The third-order valence-electron chi connectivity index (χ3n) is 3.55. The van der Waals surface area contributed by atoms with Crippen molar-refractivity contribution >= 4 is 15.7 Å². The van der Waals surface area contributed by atoms with Crippen LogP contribution in [0.5, 0.6) is 0 Å². The van der Waals surface area contributed by atoms with Crippen molar-refractivity contribution < 1.29 is 17.9 Å². The van der Waals surface area contributed by atoms with Crippen molar-refractivity contribution in [3.05, 3.63) is 70.1 Å². The molecule has 3 aromatic rings. The van der Waals surface area contributed by atoms with E-state index in [1.807, 2.05) is 31.2 Å². The molecule has 0 saturated carbocycles. The summed E-state index contributed by atoms with van der Waals surface area (Å²) in [5, 5.41) is 14.4. The van der Waals surface area contributed by atoms with E-state index in [9.17, 15) is 18.5 Å². The lowest BCUT2D eigenvalue weighted by atomic mass is 10.1. The molecule has 134 valence electrons. The van der Waals surface area contributed by atoms with Crippen molar-refractivity contribution in [2.24, 2.45) is 0 Å². The Hall–Kier alpha value is -3.11. The summed E-state index contributed by atoms with van der Waals surface area (Å²) in [5.74, 6) is 0.459. The number of nitrogens with one attached hydrogen (secondary N) is 1. The van der Waals surface area contributed by atoms with Gasteiger partial charge in [0, 0.05) is 17.7 Å². The standard InChI is InChI=1S/C16H14N4O5S/c1-11-2-4-12(5-3-11)16-18-15(25-19-16)10-17-26(23,24)14-8-6-13(7-9-14)20(21)22/h2-9,17H,10H2,1H3. The molecular weight excluding hydrogens is 360 g/mol. The minimum absolute atomic E-state index is 0.0960. The molecule has 1 N–H and O–H groups in total. The monoisotopic (exact) mass is 374 g/mol. The zero-order valence-corrected chi connectivity index (χ0v) is 14.4. The highest BCUT2D eigenvalue weighted by Gasteiger charge is 2.17. The minimum atomic E-state index is -3.86. The topological polar surface area (TPSA) is 128 Å². The average Bonchev–Trinajstić information content (AvgIpc) is 3.10. The Morgan fingerprint density at radius 2 is 1.77 bits per heavy atom. The number of sulfonamides is 1. The van der Waals surface area contributed by atoms with Gasteiger partial charge in [-0.15, -0.1) is 0 Å². The van der Waals surface area contributed by atoms with Gasteiger partial charge in [-0.25, -0.2) is 13.1 Å². The van der Waals surface area contributed by atoms with Crippen LogP contribution < -0.4 is 4.72 Å². The molecule has 0 spiro atoms. The molecular formula is C16H14N4O5S. The molecule has 0 aliphatic heterocycles. The summed E-state index contributed by atoms with van der Waals surface area (Å²) in [6.45, 7) is 1.76. The Morgan fingerprint density at radius 1 is 1.12 bits per heavy atom. The molecule has 0 aliphatic rings. The largest absolute Gasteiger partial charge is 0.338 e. The number of rotatable bonds is 6. The van der Waals surface area contributed by atoms with Gasteiger partial charge in [0.1, 0.15) is 0 Å². The molecule has 9 nitrogen and oxygen atoms in total. The lowest BCUT2D eigenvalue weighted by Crippen LogP contribution is -2.23. The Morgan fingerprint density at radius 3 is 2.38 bits per heavy atom. The summed E-state index contributed by atoms with van der Waals surface area (Å²) in [6.07, 6.45) is 0. The summed E-state index contributed by atoms with van der Waals surface area (Å²) in [5.41, 5.74) is 1.65. The van der Waals surface area contributed by atoms with Gasteiger partial charge < -0.3 is 4.52 Å². The van der Waals surface area contributed by atoms with Crippen LogP contribution in [0.4, 0.5) is 5.69 Å². The maximum absolute atomic E-state index is 12.2. The zero-order chi connectivity index (χ0) is 18.7. The number of nitro groups is 1. The van der Waals surface area contributed by atoms with Gasteiger partial charge in [0.2, 0.25) is 21.7 Å². The quantitative estimate of drug-likeness (QED) is 0.518. The third-order valence-corrected chi connectivity index (χ3v) is 4.97. The normalized spacial score (nSPS) is 11.4. The first-order chi connectivity index (χ1) is 12.3. The van der Waals surface area contributed by atoms with Gasteiger partial charge >= 0.3 is 0 Å². The number of nitrogens with zero attached hydrogens (tertiary/aromatic N) is 3. The van der Waals surface area contributed by atoms with Crippen molar-refractivity contribution in [2.75, 3.05) is 0 Å². The van der Waals surface area contributed by atoms with Crippen LogP contribution in [0.15, 0.2) is 57.9 Å². The molecule has 0 unspecified atom stereocenters. The second-order valence-corrected chi connectivity index (χ2v) is 7.22. The lowest BCUT2D eigenvalue weighted by Gasteiger charge is -2.04. The summed E-state index contributed by atoms with van der Waals surface area (Å²) < 4.78 is 31.8. The number of hydrogen-bond acceptors (Lipinski definition) is 7. The molecule has 0 radical (unpaired) electrons. The molecule has 1 aromatic heterocycles. The highest BCUT2D eigenvalue weighted by Crippen LogP contribution is 2.18. The van der Waals surface area contributed by atoms with Gasteiger partial charge in [-0.1, -0.05) is 35.0 Å². The summed E-state index contributed by atoms with van der Waals surface area (Å²) in [4.78, 5) is 14.1. The van der Waals surface area contributed by atoms with Crippen LogP contribution in [0, 0.1) is 17.0 Å². The van der Waals surface area contributed by atoms with Crippen molar-refractivity contribution in [1.29, 1.82) is 0 Å². The second-order valence-electron chi connectivity index (χ2n) is 5.45. The van der Waals surface area contributed by atoms with E-state index in [1.54, 1.807) is 0 Å². The van der Waals surface area contributed by atoms with Crippen molar-refractivity contribution in [3.63, 3.8) is 0 Å². The lowest BCUT2D eigenvalue weighted by molar-refractivity contribution is -0.384. The molecule has 3 rings (SSSR count). The molecule has 0 atom stereocenters. The van der Waals surface area contributed by atoms with E-state index < -0.39 is 14.9 Å². The molecule has 2 aromatic carbocycles. The van der Waals surface area contributed by atoms with Crippen molar-refractivity contribution in [2.45, 2.75) is 18.4 Å². The highest BCUT2D eigenvalue weighted by molar-refractivity contribution is 7.89. The summed E-state index contributed by atoms with van der Waals surface area (Å²) in [7, 11) is -3.86. The molecule has 26 heavy (non-hydrogen) atoms. The first kappa shape index (κ1) is 17.7. The van der Waals surface area contributed by atoms with Gasteiger partial charge in [-0.3, -0.25) is 10.1 Å². The van der Waals surface area contributed by atoms with Crippen LogP contribution in [0.2, 0.25) is 0 Å². The number of aromatic nitrogens is 2. The first-order valence-corrected chi connectivity index (χ1v) is 8.97. The fourth-order valence-corrected chi connectivity index (χ4v) is 3.11. The van der Waals surface area contributed by atoms with E-state index in [4.69, 9.17) is 4.52 Å². The van der Waals surface area contributed by atoms with Crippen molar-refractivity contribution in [1.82, 2.24) is 14.9 Å². The molecule has 0 amide bonds. The number of non-ortho nitro benzene ring substituents is 1. The van der Waals surface area contributed by atoms with E-state index in [0.29, 0.717) is 5.82 Å². The van der Waals surface area contributed by atoms with E-state index in [-0.39, 0.29) is 23.0 Å². The number of aryl methyl sites for hydroxylation is 1. The Kier molecular flexibility index (Phi) is 4.78. The van der Waals surface area contributed by atoms with Gasteiger partial charge in [0.25, 0.3) is 5.69 Å². The molecule has 1 heterocycles. The molecule has 0 bridgehead atoms. The summed E-state index contributed by atoms with van der Waals surface area (Å²) >= 11 is 0. The molecule has 0 fully saturated rings. The van der Waals surface area contributed by atoms with Crippen LogP contribution in [-0.2, 0) is 16.6 Å². The third kappa shape index (κ3) is 3.92. The van der Waals surface area contributed by atoms with Crippen LogP contribution in [-0.4, -0.2) is 23.5 Å². The van der Waals surface area contributed by atoms with Gasteiger partial charge in [0.15, 0.2) is 0 Å².